The maximum Gasteiger partial charge on any atom is 0.266 e. The molecule has 0 spiro atoms. The number of likely N-dealkylation sites (tertiary alicyclic amines) is 1. The Morgan fingerprint density at radius 2 is 2.05 bits per heavy atom. The topological polar surface area (TPSA) is 63.0 Å². The SMILES string of the molecule is CC[C@@H]1CCCCN1C(=O)c1cc(-c2ccc(/C=C3\SC(=S)N(C4CC5CCC4C5)C3=O)o2)ccc1OC. The summed E-state index contributed by atoms with van der Waals surface area (Å²) < 4.78 is 12.4. The number of fused-ring (bicyclic) bond motifs is 2. The van der Waals surface area contributed by atoms with Crippen LogP contribution in [-0.4, -0.2) is 51.7 Å². The number of carbonyl (C=O) groups excluding carboxylic acids is 2. The van der Waals surface area contributed by atoms with Crippen LogP contribution in [0.5, 0.6) is 5.75 Å². The van der Waals surface area contributed by atoms with E-state index in [1.165, 1.54) is 31.0 Å². The Morgan fingerprint density at radius 3 is 2.79 bits per heavy atom. The molecule has 1 aromatic heterocycles. The van der Waals surface area contributed by atoms with E-state index in [1.54, 1.807) is 13.2 Å². The normalized spacial score (nSPS) is 28.1. The van der Waals surface area contributed by atoms with Gasteiger partial charge < -0.3 is 14.1 Å². The van der Waals surface area contributed by atoms with Gasteiger partial charge in [0, 0.05) is 30.3 Å². The van der Waals surface area contributed by atoms with Gasteiger partial charge >= 0.3 is 0 Å². The fourth-order valence-corrected chi connectivity index (χ4v) is 8.24. The molecule has 2 aliphatic heterocycles. The van der Waals surface area contributed by atoms with Crippen molar-refractivity contribution in [2.45, 2.75) is 70.4 Å². The zero-order valence-electron chi connectivity index (χ0n) is 22.0. The number of carbonyl (C=O) groups is 2. The molecule has 8 heteroatoms. The Bertz CT molecular complexity index is 1300. The number of furan rings is 1. The summed E-state index contributed by atoms with van der Waals surface area (Å²) in [6, 6.07) is 9.85. The second kappa shape index (κ2) is 10.5. The number of amides is 2. The Labute approximate surface area is 233 Å². The minimum absolute atomic E-state index is 0.000148. The lowest BCUT2D eigenvalue weighted by atomic mass is 9.94. The predicted molar refractivity (Wildman–Crippen MR) is 154 cm³/mol. The van der Waals surface area contributed by atoms with Crippen LogP contribution in [0.15, 0.2) is 39.7 Å². The quantitative estimate of drug-likeness (QED) is 0.293. The van der Waals surface area contributed by atoms with Crippen LogP contribution in [-0.2, 0) is 4.79 Å². The van der Waals surface area contributed by atoms with Crippen molar-refractivity contribution in [3.8, 4) is 17.1 Å². The smallest absolute Gasteiger partial charge is 0.266 e. The molecule has 4 atom stereocenters. The van der Waals surface area contributed by atoms with E-state index in [0.717, 1.165) is 50.1 Å². The molecule has 200 valence electrons. The van der Waals surface area contributed by atoms with Gasteiger partial charge in [-0.3, -0.25) is 14.5 Å². The summed E-state index contributed by atoms with van der Waals surface area (Å²) >= 11 is 6.99. The molecule has 2 bridgehead atoms. The number of piperidine rings is 1. The lowest BCUT2D eigenvalue weighted by Crippen LogP contribution is -2.43. The minimum Gasteiger partial charge on any atom is -0.496 e. The molecular formula is C30H34N2O4S2. The first kappa shape index (κ1) is 25.7. The average molecular weight is 551 g/mol. The maximum atomic E-state index is 13.6. The van der Waals surface area contributed by atoms with Crippen molar-refractivity contribution in [1.82, 2.24) is 9.80 Å². The lowest BCUT2D eigenvalue weighted by Gasteiger charge is -2.35. The van der Waals surface area contributed by atoms with E-state index in [2.05, 4.69) is 6.92 Å². The summed E-state index contributed by atoms with van der Waals surface area (Å²) in [4.78, 5) is 31.3. The molecule has 6 rings (SSSR count). The first-order valence-electron chi connectivity index (χ1n) is 13.8. The molecule has 4 aliphatic rings. The summed E-state index contributed by atoms with van der Waals surface area (Å²) in [5, 5.41) is 0. The first-order valence-corrected chi connectivity index (χ1v) is 15.1. The molecule has 2 aliphatic carbocycles. The Balaban J connectivity index is 1.23. The summed E-state index contributed by atoms with van der Waals surface area (Å²) in [7, 11) is 1.59. The van der Waals surface area contributed by atoms with Crippen molar-refractivity contribution < 1.29 is 18.7 Å². The predicted octanol–water partition coefficient (Wildman–Crippen LogP) is 6.75. The zero-order valence-corrected chi connectivity index (χ0v) is 23.6. The standard InChI is InChI=1S/C30H34N2O4S2/c1-3-21-6-4-5-13-31(21)28(33)23-16-20(9-11-26(23)35-2)25-12-10-22(36-25)17-27-29(34)32(30(37)38-27)24-15-18-7-8-19(24)14-18/h9-12,16-19,21,24H,3-8,13-15H2,1-2H3/b27-17-/t18?,19?,21-,24?/m1/s1. The number of rotatable bonds is 6. The summed E-state index contributed by atoms with van der Waals surface area (Å²) in [6.45, 7) is 2.91. The highest BCUT2D eigenvalue weighted by molar-refractivity contribution is 8.26. The molecule has 38 heavy (non-hydrogen) atoms. The molecule has 4 fully saturated rings. The fourth-order valence-electron chi connectivity index (χ4n) is 6.88. The minimum atomic E-state index is -0.000148. The number of hydrogen-bond acceptors (Lipinski definition) is 6. The van der Waals surface area contributed by atoms with Gasteiger partial charge in [-0.1, -0.05) is 37.3 Å². The second-order valence-corrected chi connectivity index (χ2v) is 12.6. The van der Waals surface area contributed by atoms with E-state index in [4.69, 9.17) is 21.4 Å². The molecule has 6 nitrogen and oxygen atoms in total. The highest BCUT2D eigenvalue weighted by Gasteiger charge is 2.48. The van der Waals surface area contributed by atoms with E-state index >= 15 is 0 Å². The van der Waals surface area contributed by atoms with E-state index in [1.807, 2.05) is 40.1 Å². The van der Waals surface area contributed by atoms with Crippen molar-refractivity contribution in [1.29, 1.82) is 0 Å². The highest BCUT2D eigenvalue weighted by atomic mass is 32.2. The summed E-state index contributed by atoms with van der Waals surface area (Å²) in [6.07, 6.45) is 10.8. The number of nitrogens with zero attached hydrogens (tertiary/aromatic N) is 2. The molecule has 2 aromatic rings. The molecule has 2 saturated heterocycles. The van der Waals surface area contributed by atoms with E-state index < -0.39 is 0 Å². The summed E-state index contributed by atoms with van der Waals surface area (Å²) in [5.41, 5.74) is 1.35. The van der Waals surface area contributed by atoms with Crippen LogP contribution >= 0.6 is 24.0 Å². The number of thiocarbonyl (C=S) groups is 1. The third-order valence-corrected chi connectivity index (χ3v) is 10.2. The third-order valence-electron chi connectivity index (χ3n) is 8.83. The lowest BCUT2D eigenvalue weighted by molar-refractivity contribution is -0.124. The number of thioether (sulfide) groups is 1. The number of hydrogen-bond donors (Lipinski definition) is 0. The van der Waals surface area contributed by atoms with Gasteiger partial charge in [-0.05, 0) is 87.1 Å². The van der Waals surface area contributed by atoms with Gasteiger partial charge in [-0.25, -0.2) is 0 Å². The van der Waals surface area contributed by atoms with Gasteiger partial charge in [-0.15, -0.1) is 0 Å². The molecule has 1 aromatic carbocycles. The van der Waals surface area contributed by atoms with Gasteiger partial charge in [-0.2, -0.15) is 0 Å². The monoisotopic (exact) mass is 550 g/mol. The second-order valence-electron chi connectivity index (χ2n) is 11.0. The van der Waals surface area contributed by atoms with Crippen LogP contribution in [0.3, 0.4) is 0 Å². The van der Waals surface area contributed by atoms with E-state index in [9.17, 15) is 9.59 Å². The molecule has 0 radical (unpaired) electrons. The van der Waals surface area contributed by atoms with Crippen LogP contribution in [0.2, 0.25) is 0 Å². The van der Waals surface area contributed by atoms with Gasteiger partial charge in [0.15, 0.2) is 0 Å². The van der Waals surface area contributed by atoms with E-state index in [-0.39, 0.29) is 23.9 Å². The van der Waals surface area contributed by atoms with Crippen molar-refractivity contribution in [3.63, 3.8) is 0 Å². The van der Waals surface area contributed by atoms with Crippen molar-refractivity contribution >= 4 is 46.2 Å². The fraction of sp³-hybridized carbons (Fsp3) is 0.500. The van der Waals surface area contributed by atoms with Crippen molar-refractivity contribution in [2.75, 3.05) is 13.7 Å². The third kappa shape index (κ3) is 4.60. The van der Waals surface area contributed by atoms with E-state index in [0.29, 0.717) is 38.0 Å². The van der Waals surface area contributed by atoms with Gasteiger partial charge in [0.1, 0.15) is 21.6 Å². The van der Waals surface area contributed by atoms with Crippen LogP contribution in [0.1, 0.15) is 74.4 Å². The average Bonchev–Trinajstić information content (AvgIpc) is 3.73. The molecule has 2 amide bonds. The van der Waals surface area contributed by atoms with Gasteiger partial charge in [0.2, 0.25) is 0 Å². The first-order chi connectivity index (χ1) is 18.5. The van der Waals surface area contributed by atoms with Crippen LogP contribution in [0.25, 0.3) is 17.4 Å². The van der Waals surface area contributed by atoms with Crippen LogP contribution in [0.4, 0.5) is 0 Å². The maximum absolute atomic E-state index is 13.6. The number of ether oxygens (including phenoxy) is 1. The Morgan fingerprint density at radius 1 is 1.18 bits per heavy atom. The van der Waals surface area contributed by atoms with Crippen LogP contribution < -0.4 is 4.74 Å². The van der Waals surface area contributed by atoms with Crippen LogP contribution in [0, 0.1) is 11.8 Å². The van der Waals surface area contributed by atoms with Crippen molar-refractivity contribution in [2.24, 2.45) is 11.8 Å². The van der Waals surface area contributed by atoms with Crippen molar-refractivity contribution in [3.05, 3.63) is 46.6 Å². The zero-order chi connectivity index (χ0) is 26.4. The largest absolute Gasteiger partial charge is 0.496 e. The van der Waals surface area contributed by atoms with Gasteiger partial charge in [0.05, 0.1) is 17.6 Å². The molecule has 3 heterocycles. The number of benzene rings is 1. The summed E-state index contributed by atoms with van der Waals surface area (Å²) in [5.74, 6) is 3.14. The Kier molecular flexibility index (Phi) is 7.12. The highest BCUT2D eigenvalue weighted by Crippen LogP contribution is 2.49. The Hall–Kier alpha value is -2.58. The molecule has 3 unspecified atom stereocenters. The van der Waals surface area contributed by atoms with Gasteiger partial charge in [0.25, 0.3) is 11.8 Å². The molecule has 2 saturated carbocycles. The molecular weight excluding hydrogens is 516 g/mol. The molecule has 0 N–H and O–H groups in total. The number of methoxy groups -OCH3 is 1.